The highest BCUT2D eigenvalue weighted by Crippen LogP contribution is 2.32. The summed E-state index contributed by atoms with van der Waals surface area (Å²) in [5.41, 5.74) is 2.85. The first kappa shape index (κ1) is 19.7. The van der Waals surface area contributed by atoms with Crippen LogP contribution in [0.1, 0.15) is 21.7 Å². The monoisotopic (exact) mass is 409 g/mol. The number of anilines is 1. The number of aryl methyl sites for hydroxylation is 2. The Hall–Kier alpha value is -3.61. The number of rotatable bonds is 3. The number of amides is 1. The maximum Gasteiger partial charge on any atom is 0.416 e. The fraction of sp³-hybridized carbons (Fsp3) is 0.130. The Bertz CT molecular complexity index is 1240. The summed E-state index contributed by atoms with van der Waals surface area (Å²) in [6, 6.07) is 17.1. The van der Waals surface area contributed by atoms with Gasteiger partial charge in [-0.1, -0.05) is 36.4 Å². The molecule has 0 saturated heterocycles. The summed E-state index contributed by atoms with van der Waals surface area (Å²) < 4.78 is 40.5. The molecule has 1 heterocycles. The molecule has 0 bridgehead atoms. The normalized spacial score (nSPS) is 11.6. The molecule has 30 heavy (non-hydrogen) atoms. The number of halogens is 3. The highest BCUT2D eigenvalue weighted by Gasteiger charge is 2.30. The maximum absolute atomic E-state index is 13.0. The van der Waals surface area contributed by atoms with Crippen molar-refractivity contribution >= 4 is 22.6 Å². The summed E-state index contributed by atoms with van der Waals surface area (Å²) in [5.74, 6) is 0.457. The van der Waals surface area contributed by atoms with Crippen molar-refractivity contribution in [1.29, 1.82) is 0 Å². The SMILES string of the molecule is Cc1nc2c(NC(=O)c3ccccc3-c3ccc(C(F)(F)F)cc3)cccc2n1C. The zero-order chi connectivity index (χ0) is 21.5. The third kappa shape index (κ3) is 3.54. The average Bonchev–Trinajstić information content (AvgIpc) is 3.02. The van der Waals surface area contributed by atoms with Crippen molar-refractivity contribution in [2.75, 3.05) is 5.32 Å². The molecule has 1 amide bonds. The summed E-state index contributed by atoms with van der Waals surface area (Å²) in [5, 5.41) is 2.89. The number of imidazole rings is 1. The highest BCUT2D eigenvalue weighted by atomic mass is 19.4. The predicted molar refractivity (Wildman–Crippen MR) is 110 cm³/mol. The first-order chi connectivity index (χ1) is 14.3. The minimum absolute atomic E-state index is 0.360. The van der Waals surface area contributed by atoms with Gasteiger partial charge in [0, 0.05) is 12.6 Å². The number of alkyl halides is 3. The van der Waals surface area contributed by atoms with Crippen LogP contribution in [-0.4, -0.2) is 15.5 Å². The molecule has 0 saturated carbocycles. The number of fused-ring (bicyclic) bond motifs is 1. The van der Waals surface area contributed by atoms with Gasteiger partial charge in [0.2, 0.25) is 0 Å². The van der Waals surface area contributed by atoms with Crippen LogP contribution in [-0.2, 0) is 13.2 Å². The number of nitrogens with one attached hydrogen (secondary N) is 1. The van der Waals surface area contributed by atoms with Crippen LogP contribution in [0.2, 0.25) is 0 Å². The Morgan fingerprint density at radius 1 is 0.967 bits per heavy atom. The van der Waals surface area contributed by atoms with Gasteiger partial charge in [0.05, 0.1) is 16.8 Å². The second kappa shape index (κ2) is 7.33. The van der Waals surface area contributed by atoms with Crippen molar-refractivity contribution in [2.24, 2.45) is 7.05 Å². The number of hydrogen-bond donors (Lipinski definition) is 1. The van der Waals surface area contributed by atoms with E-state index >= 15 is 0 Å². The molecule has 0 unspecified atom stereocenters. The molecular formula is C23H18F3N3O. The number of carbonyl (C=O) groups is 1. The highest BCUT2D eigenvalue weighted by molar-refractivity contribution is 6.11. The summed E-state index contributed by atoms with van der Waals surface area (Å²) in [7, 11) is 1.90. The van der Waals surface area contributed by atoms with Crippen molar-refractivity contribution in [3.63, 3.8) is 0 Å². The largest absolute Gasteiger partial charge is 0.416 e. The molecule has 0 fully saturated rings. The Morgan fingerprint density at radius 3 is 2.37 bits per heavy atom. The molecule has 4 aromatic rings. The first-order valence-electron chi connectivity index (χ1n) is 9.26. The van der Waals surface area contributed by atoms with Crippen LogP contribution in [0.5, 0.6) is 0 Å². The zero-order valence-corrected chi connectivity index (χ0v) is 16.3. The Labute approximate surface area is 171 Å². The van der Waals surface area contributed by atoms with E-state index in [-0.39, 0.29) is 5.91 Å². The summed E-state index contributed by atoms with van der Waals surface area (Å²) in [6.07, 6.45) is -4.41. The van der Waals surface area contributed by atoms with Gasteiger partial charge in [0.15, 0.2) is 0 Å². The number of aromatic nitrogens is 2. The molecule has 0 radical (unpaired) electrons. The second-order valence-electron chi connectivity index (χ2n) is 6.97. The van der Waals surface area contributed by atoms with Crippen molar-refractivity contribution in [2.45, 2.75) is 13.1 Å². The molecule has 0 atom stereocenters. The minimum Gasteiger partial charge on any atom is -0.331 e. The van der Waals surface area contributed by atoms with Crippen molar-refractivity contribution < 1.29 is 18.0 Å². The van der Waals surface area contributed by atoms with Gasteiger partial charge in [0.1, 0.15) is 11.3 Å². The maximum atomic E-state index is 13.0. The molecule has 0 spiro atoms. The third-order valence-electron chi connectivity index (χ3n) is 5.08. The van der Waals surface area contributed by atoms with Crippen molar-refractivity contribution in [3.05, 3.63) is 83.7 Å². The third-order valence-corrected chi connectivity index (χ3v) is 5.08. The van der Waals surface area contributed by atoms with Gasteiger partial charge in [-0.2, -0.15) is 13.2 Å². The number of hydrogen-bond acceptors (Lipinski definition) is 2. The molecule has 1 N–H and O–H groups in total. The van der Waals surface area contributed by atoms with E-state index in [4.69, 9.17) is 0 Å². The van der Waals surface area contributed by atoms with E-state index in [0.29, 0.717) is 27.9 Å². The molecule has 3 aromatic carbocycles. The van der Waals surface area contributed by atoms with E-state index in [1.54, 1.807) is 30.3 Å². The Morgan fingerprint density at radius 2 is 1.67 bits per heavy atom. The number of nitrogens with zero attached hydrogens (tertiary/aromatic N) is 2. The summed E-state index contributed by atoms with van der Waals surface area (Å²) in [6.45, 7) is 1.88. The number of benzene rings is 3. The van der Waals surface area contributed by atoms with Crippen LogP contribution in [0, 0.1) is 6.92 Å². The molecule has 0 aliphatic rings. The van der Waals surface area contributed by atoms with Crippen molar-refractivity contribution in [1.82, 2.24) is 9.55 Å². The van der Waals surface area contributed by atoms with E-state index in [2.05, 4.69) is 10.3 Å². The van der Waals surface area contributed by atoms with E-state index in [0.717, 1.165) is 23.5 Å². The number of para-hydroxylation sites is 1. The van der Waals surface area contributed by atoms with E-state index < -0.39 is 11.7 Å². The Balaban J connectivity index is 1.69. The molecule has 0 aliphatic carbocycles. The van der Waals surface area contributed by atoms with Crippen molar-refractivity contribution in [3.8, 4) is 11.1 Å². The van der Waals surface area contributed by atoms with Crippen LogP contribution >= 0.6 is 0 Å². The van der Waals surface area contributed by atoms with Gasteiger partial charge in [-0.15, -0.1) is 0 Å². The second-order valence-corrected chi connectivity index (χ2v) is 6.97. The Kier molecular flexibility index (Phi) is 4.81. The minimum atomic E-state index is -4.41. The topological polar surface area (TPSA) is 46.9 Å². The lowest BCUT2D eigenvalue weighted by atomic mass is 9.98. The van der Waals surface area contributed by atoms with Crippen LogP contribution in [0.15, 0.2) is 66.7 Å². The average molecular weight is 409 g/mol. The van der Waals surface area contributed by atoms with E-state index in [9.17, 15) is 18.0 Å². The molecule has 0 aliphatic heterocycles. The summed E-state index contributed by atoms with van der Waals surface area (Å²) in [4.78, 5) is 17.6. The fourth-order valence-corrected chi connectivity index (χ4v) is 3.39. The molecule has 152 valence electrons. The van der Waals surface area contributed by atoms with Gasteiger partial charge < -0.3 is 9.88 Å². The molecule has 7 heteroatoms. The van der Waals surface area contributed by atoms with E-state index in [1.807, 2.05) is 30.7 Å². The molecule has 1 aromatic heterocycles. The van der Waals surface area contributed by atoms with Crippen LogP contribution in [0.4, 0.5) is 18.9 Å². The predicted octanol–water partition coefficient (Wildman–Crippen LogP) is 5.82. The van der Waals surface area contributed by atoms with Crippen LogP contribution in [0.3, 0.4) is 0 Å². The standard InChI is InChI=1S/C23H18F3N3O/c1-14-27-21-19(8-5-9-20(21)29(14)2)28-22(30)18-7-4-3-6-17(18)15-10-12-16(13-11-15)23(24,25)26/h3-13H,1-2H3,(H,28,30). The van der Waals surface area contributed by atoms with Gasteiger partial charge in [-0.25, -0.2) is 4.98 Å². The molecule has 4 nitrogen and oxygen atoms in total. The van der Waals surface area contributed by atoms with Gasteiger partial charge in [-0.3, -0.25) is 4.79 Å². The fourth-order valence-electron chi connectivity index (χ4n) is 3.39. The lowest BCUT2D eigenvalue weighted by Gasteiger charge is -2.12. The number of carbonyl (C=O) groups excluding carboxylic acids is 1. The first-order valence-corrected chi connectivity index (χ1v) is 9.26. The zero-order valence-electron chi connectivity index (χ0n) is 16.3. The van der Waals surface area contributed by atoms with Crippen LogP contribution in [0.25, 0.3) is 22.2 Å². The quantitative estimate of drug-likeness (QED) is 0.463. The van der Waals surface area contributed by atoms with Gasteiger partial charge in [-0.05, 0) is 48.4 Å². The van der Waals surface area contributed by atoms with Gasteiger partial charge >= 0.3 is 6.18 Å². The lowest BCUT2D eigenvalue weighted by molar-refractivity contribution is -0.137. The molecule has 4 rings (SSSR count). The van der Waals surface area contributed by atoms with E-state index in [1.165, 1.54) is 12.1 Å². The summed E-state index contributed by atoms with van der Waals surface area (Å²) >= 11 is 0. The van der Waals surface area contributed by atoms with Crippen LogP contribution < -0.4 is 5.32 Å². The smallest absolute Gasteiger partial charge is 0.331 e. The molecular weight excluding hydrogens is 391 g/mol. The lowest BCUT2D eigenvalue weighted by Crippen LogP contribution is -2.13. The van der Waals surface area contributed by atoms with Gasteiger partial charge in [0.25, 0.3) is 5.91 Å².